The second-order valence-electron chi connectivity index (χ2n) is 8.94. The van der Waals surface area contributed by atoms with Crippen molar-refractivity contribution < 1.29 is 18.0 Å². The van der Waals surface area contributed by atoms with E-state index in [9.17, 15) is 18.0 Å². The Morgan fingerprint density at radius 1 is 1.00 bits per heavy atom. The molecule has 2 aliphatic heterocycles. The first-order valence-corrected chi connectivity index (χ1v) is 11.3. The summed E-state index contributed by atoms with van der Waals surface area (Å²) in [4.78, 5) is 23.4. The van der Waals surface area contributed by atoms with E-state index in [1.165, 1.54) is 11.8 Å². The number of halogens is 3. The Labute approximate surface area is 192 Å². The molecule has 2 aliphatic rings. The molecule has 6 nitrogen and oxygen atoms in total. The number of carbonyl (C=O) groups excluding carboxylic acids is 1. The highest BCUT2D eigenvalue weighted by atomic mass is 19.4. The maximum absolute atomic E-state index is 12.9. The van der Waals surface area contributed by atoms with Crippen LogP contribution in [-0.2, 0) is 11.0 Å². The fraction of sp³-hybridized carbons (Fsp3) is 0.500. The van der Waals surface area contributed by atoms with Gasteiger partial charge < -0.3 is 20.0 Å². The molecule has 1 aromatic heterocycles. The summed E-state index contributed by atoms with van der Waals surface area (Å²) in [6, 6.07) is 8.61. The first-order chi connectivity index (χ1) is 15.7. The number of aromatic nitrogens is 1. The van der Waals surface area contributed by atoms with Gasteiger partial charge in [0.2, 0.25) is 5.91 Å². The molecule has 0 bridgehead atoms. The zero-order valence-corrected chi connectivity index (χ0v) is 19.0. The second kappa shape index (κ2) is 9.59. The van der Waals surface area contributed by atoms with Crippen molar-refractivity contribution in [2.24, 2.45) is 5.92 Å². The largest absolute Gasteiger partial charge is 0.417 e. The van der Waals surface area contributed by atoms with Crippen molar-refractivity contribution in [1.82, 2.24) is 9.88 Å². The second-order valence-corrected chi connectivity index (χ2v) is 8.94. The van der Waals surface area contributed by atoms with E-state index in [4.69, 9.17) is 0 Å². The summed E-state index contributed by atoms with van der Waals surface area (Å²) in [7, 11) is 2.13. The predicted octanol–water partition coefficient (Wildman–Crippen LogP) is 4.02. The molecule has 2 aromatic rings. The number of benzene rings is 1. The molecular formula is C24H30F3N5O. The van der Waals surface area contributed by atoms with Crippen LogP contribution in [0.2, 0.25) is 0 Å². The smallest absolute Gasteiger partial charge is 0.369 e. The molecular weight excluding hydrogens is 431 g/mol. The number of pyridine rings is 1. The fourth-order valence-corrected chi connectivity index (χ4v) is 4.40. The van der Waals surface area contributed by atoms with Crippen molar-refractivity contribution in [2.45, 2.75) is 25.9 Å². The van der Waals surface area contributed by atoms with E-state index < -0.39 is 11.7 Å². The predicted molar refractivity (Wildman–Crippen MR) is 124 cm³/mol. The molecule has 3 heterocycles. The van der Waals surface area contributed by atoms with Crippen molar-refractivity contribution >= 4 is 23.1 Å². The van der Waals surface area contributed by atoms with E-state index in [2.05, 4.69) is 39.3 Å². The summed E-state index contributed by atoms with van der Waals surface area (Å²) < 4.78 is 38.2. The van der Waals surface area contributed by atoms with Crippen LogP contribution >= 0.6 is 0 Å². The van der Waals surface area contributed by atoms with Crippen molar-refractivity contribution in [2.75, 3.05) is 61.4 Å². The third kappa shape index (κ3) is 5.58. The van der Waals surface area contributed by atoms with Gasteiger partial charge in [0, 0.05) is 62.8 Å². The zero-order chi connectivity index (χ0) is 23.6. The van der Waals surface area contributed by atoms with Gasteiger partial charge in [-0.25, -0.2) is 4.98 Å². The normalized spacial score (nSPS) is 18.5. The first-order valence-electron chi connectivity index (χ1n) is 11.3. The van der Waals surface area contributed by atoms with Crippen LogP contribution in [0.4, 0.5) is 30.4 Å². The van der Waals surface area contributed by atoms with Crippen molar-refractivity contribution in [1.29, 1.82) is 0 Å². The number of likely N-dealkylation sites (N-methyl/N-ethyl adjacent to an activating group) is 1. The highest BCUT2D eigenvalue weighted by Crippen LogP contribution is 2.31. The van der Waals surface area contributed by atoms with E-state index >= 15 is 0 Å². The molecule has 4 rings (SSSR count). The SMILES string of the molecule is Cc1cc(N2CCN(C)CC2)ccc1NC(=O)C1CCN(c2ccc(C(F)(F)F)cn2)CC1. The van der Waals surface area contributed by atoms with Gasteiger partial charge in [-0.1, -0.05) is 0 Å². The molecule has 1 aromatic carbocycles. The van der Waals surface area contributed by atoms with Crippen LogP contribution in [0.3, 0.4) is 0 Å². The monoisotopic (exact) mass is 461 g/mol. The number of nitrogens with one attached hydrogen (secondary N) is 1. The Morgan fingerprint density at radius 2 is 1.70 bits per heavy atom. The lowest BCUT2D eigenvalue weighted by molar-refractivity contribution is -0.137. The average molecular weight is 462 g/mol. The molecule has 0 atom stereocenters. The lowest BCUT2D eigenvalue weighted by atomic mass is 9.95. The number of amides is 1. The van der Waals surface area contributed by atoms with Gasteiger partial charge in [-0.15, -0.1) is 0 Å². The number of aryl methyl sites for hydroxylation is 1. The van der Waals surface area contributed by atoms with E-state index in [0.717, 1.165) is 49.7 Å². The van der Waals surface area contributed by atoms with Gasteiger partial charge in [-0.3, -0.25) is 4.79 Å². The molecule has 0 saturated carbocycles. The Morgan fingerprint density at radius 3 is 2.27 bits per heavy atom. The molecule has 2 fully saturated rings. The van der Waals surface area contributed by atoms with Gasteiger partial charge in [-0.05, 0) is 62.7 Å². The first kappa shape index (κ1) is 23.4. The minimum absolute atomic E-state index is 0.00882. The van der Waals surface area contributed by atoms with Crippen molar-refractivity contribution in [3.63, 3.8) is 0 Å². The summed E-state index contributed by atoms with van der Waals surface area (Å²) in [6.45, 7) is 7.24. The van der Waals surface area contributed by atoms with Crippen LogP contribution < -0.4 is 15.1 Å². The van der Waals surface area contributed by atoms with E-state index in [1.807, 2.05) is 17.9 Å². The molecule has 0 radical (unpaired) electrons. The number of nitrogens with zero attached hydrogens (tertiary/aromatic N) is 4. The van der Waals surface area contributed by atoms with Crippen LogP contribution in [-0.4, -0.2) is 62.1 Å². The highest BCUT2D eigenvalue weighted by Gasteiger charge is 2.31. The number of piperazine rings is 1. The molecule has 33 heavy (non-hydrogen) atoms. The maximum atomic E-state index is 12.9. The van der Waals surface area contributed by atoms with E-state index in [0.29, 0.717) is 31.7 Å². The fourth-order valence-electron chi connectivity index (χ4n) is 4.40. The van der Waals surface area contributed by atoms with E-state index in [-0.39, 0.29) is 11.8 Å². The number of alkyl halides is 3. The number of hydrogen-bond donors (Lipinski definition) is 1. The maximum Gasteiger partial charge on any atom is 0.417 e. The third-order valence-electron chi connectivity index (χ3n) is 6.60. The summed E-state index contributed by atoms with van der Waals surface area (Å²) in [5.41, 5.74) is 2.28. The molecule has 1 N–H and O–H groups in total. The lowest BCUT2D eigenvalue weighted by Gasteiger charge is -2.34. The van der Waals surface area contributed by atoms with Crippen LogP contribution in [0.1, 0.15) is 24.0 Å². The Balaban J connectivity index is 1.31. The number of carbonyl (C=O) groups is 1. The standard InChI is InChI=1S/C24H30F3N5O/c1-17-15-20(31-13-11-30(2)12-14-31)4-5-21(17)29-23(33)18-7-9-32(10-8-18)22-6-3-19(16-28-22)24(25,26)27/h3-6,15-16,18H,7-14H2,1-2H3,(H,29,33). The number of hydrogen-bond acceptors (Lipinski definition) is 5. The van der Waals surface area contributed by atoms with Crippen molar-refractivity contribution in [3.8, 4) is 0 Å². The number of piperidine rings is 1. The Kier molecular flexibility index (Phi) is 6.78. The van der Waals surface area contributed by atoms with Crippen LogP contribution in [0.25, 0.3) is 0 Å². The van der Waals surface area contributed by atoms with Crippen LogP contribution in [0.15, 0.2) is 36.5 Å². The molecule has 9 heteroatoms. The van der Waals surface area contributed by atoms with Gasteiger partial charge >= 0.3 is 6.18 Å². The summed E-state index contributed by atoms with van der Waals surface area (Å²) in [5, 5.41) is 3.07. The molecule has 178 valence electrons. The van der Waals surface area contributed by atoms with Gasteiger partial charge in [0.15, 0.2) is 0 Å². The Hall–Kier alpha value is -2.81. The minimum atomic E-state index is -4.39. The number of anilines is 3. The van der Waals surface area contributed by atoms with E-state index in [1.54, 1.807) is 0 Å². The van der Waals surface area contributed by atoms with Gasteiger partial charge in [0.25, 0.3) is 0 Å². The Bertz CT molecular complexity index is 963. The van der Waals surface area contributed by atoms with Gasteiger partial charge in [-0.2, -0.15) is 13.2 Å². The molecule has 0 spiro atoms. The average Bonchev–Trinajstić information content (AvgIpc) is 2.80. The minimum Gasteiger partial charge on any atom is -0.369 e. The van der Waals surface area contributed by atoms with Gasteiger partial charge in [0.05, 0.1) is 5.56 Å². The zero-order valence-electron chi connectivity index (χ0n) is 19.0. The van der Waals surface area contributed by atoms with Crippen LogP contribution in [0.5, 0.6) is 0 Å². The highest BCUT2D eigenvalue weighted by molar-refractivity contribution is 5.93. The van der Waals surface area contributed by atoms with Gasteiger partial charge in [0.1, 0.15) is 5.82 Å². The van der Waals surface area contributed by atoms with Crippen molar-refractivity contribution in [3.05, 3.63) is 47.7 Å². The van der Waals surface area contributed by atoms with Crippen LogP contribution in [0, 0.1) is 12.8 Å². The summed E-state index contributed by atoms with van der Waals surface area (Å²) in [6.07, 6.45) is -2.26. The molecule has 1 amide bonds. The lowest BCUT2D eigenvalue weighted by Crippen LogP contribution is -2.44. The summed E-state index contributed by atoms with van der Waals surface area (Å²) in [5.74, 6) is 0.370. The number of rotatable bonds is 4. The summed E-state index contributed by atoms with van der Waals surface area (Å²) >= 11 is 0. The third-order valence-corrected chi connectivity index (χ3v) is 6.60. The molecule has 2 saturated heterocycles. The molecule has 0 aliphatic carbocycles. The topological polar surface area (TPSA) is 51.7 Å². The molecule has 0 unspecified atom stereocenters. The quantitative estimate of drug-likeness (QED) is 0.746.